The molecule has 14 atom stereocenters. The van der Waals surface area contributed by atoms with Crippen molar-refractivity contribution in [1.29, 1.82) is 0 Å². The molecule has 0 N–H and O–H groups in total. The fourth-order valence-corrected chi connectivity index (χ4v) is 25.0. The van der Waals surface area contributed by atoms with Crippen molar-refractivity contribution in [1.82, 2.24) is 0 Å². The lowest BCUT2D eigenvalue weighted by atomic mass is 9.56. The van der Waals surface area contributed by atoms with Gasteiger partial charge >= 0.3 is 0 Å². The predicted molar refractivity (Wildman–Crippen MR) is 214 cm³/mol. The molecule has 0 amide bonds. The first-order valence-electron chi connectivity index (χ1n) is 23.1. The van der Waals surface area contributed by atoms with Crippen molar-refractivity contribution >= 4 is 8.07 Å². The van der Waals surface area contributed by atoms with Gasteiger partial charge in [-0.2, -0.15) is 0 Å². The number of rotatable bonds is 4. The van der Waals surface area contributed by atoms with Gasteiger partial charge in [-0.25, -0.2) is 0 Å². The van der Waals surface area contributed by atoms with Crippen LogP contribution in [0.2, 0.25) is 24.2 Å². The molecule has 0 aromatic rings. The van der Waals surface area contributed by atoms with Crippen LogP contribution in [0.15, 0.2) is 0 Å². The summed E-state index contributed by atoms with van der Waals surface area (Å²) in [5.74, 6) is 17.0. The Kier molecular flexibility index (Phi) is 9.76. The van der Waals surface area contributed by atoms with E-state index in [-0.39, 0.29) is 0 Å². The van der Waals surface area contributed by atoms with Crippen molar-refractivity contribution in [2.45, 2.75) is 195 Å². The van der Waals surface area contributed by atoms with E-state index in [9.17, 15) is 0 Å². The van der Waals surface area contributed by atoms with E-state index in [1.165, 1.54) is 25.7 Å². The fourth-order valence-electron chi connectivity index (χ4n) is 18.4. The highest BCUT2D eigenvalue weighted by Crippen LogP contribution is 2.71. The third kappa shape index (κ3) is 6.26. The number of hydrogen-bond acceptors (Lipinski definition) is 0. The van der Waals surface area contributed by atoms with Crippen molar-refractivity contribution < 1.29 is 0 Å². The molecule has 0 spiro atoms. The monoisotopic (exact) mass is 689 g/mol. The van der Waals surface area contributed by atoms with E-state index in [1.807, 2.05) is 0 Å². The van der Waals surface area contributed by atoms with Gasteiger partial charge in [-0.1, -0.05) is 94.2 Å². The van der Waals surface area contributed by atoms with Gasteiger partial charge in [0, 0.05) is 0 Å². The lowest BCUT2D eigenvalue weighted by Crippen LogP contribution is -2.50. The summed E-state index contributed by atoms with van der Waals surface area (Å²) in [7, 11) is -1.50. The molecular weight excluding hydrogens is 605 g/mol. The van der Waals surface area contributed by atoms with Crippen LogP contribution >= 0.6 is 0 Å². The minimum Gasteiger partial charge on any atom is -0.0689 e. The van der Waals surface area contributed by atoms with E-state index >= 15 is 0 Å². The molecule has 0 aromatic heterocycles. The van der Waals surface area contributed by atoms with Gasteiger partial charge in [0.1, 0.15) is 0 Å². The van der Waals surface area contributed by atoms with Gasteiger partial charge in [0.25, 0.3) is 0 Å². The molecule has 0 bridgehead atoms. The van der Waals surface area contributed by atoms with Crippen molar-refractivity contribution in [3.8, 4) is 0 Å². The van der Waals surface area contributed by atoms with Gasteiger partial charge in [-0.3, -0.25) is 0 Å². The molecule has 8 aliphatic carbocycles. The average Bonchev–Trinajstić information content (AvgIpc) is 3.82. The second kappa shape index (κ2) is 13.2. The molecule has 14 unspecified atom stereocenters. The van der Waals surface area contributed by atoms with E-state index in [0.29, 0.717) is 10.8 Å². The van der Waals surface area contributed by atoms with Crippen LogP contribution in [0.5, 0.6) is 0 Å². The first-order valence-corrected chi connectivity index (χ1v) is 26.3. The second-order valence-electron chi connectivity index (χ2n) is 24.2. The first-order chi connectivity index (χ1) is 23.1. The van der Waals surface area contributed by atoms with Crippen LogP contribution in [0, 0.1) is 106 Å². The largest absolute Gasteiger partial charge is 0.0689 e. The lowest BCUT2D eigenvalue weighted by Gasteiger charge is -2.54. The highest BCUT2D eigenvalue weighted by Gasteiger charge is 2.64. The maximum Gasteiger partial charge on any atom is 0.0546 e. The Morgan fingerprint density at radius 3 is 1.10 bits per heavy atom. The molecule has 0 heterocycles. The van der Waals surface area contributed by atoms with Gasteiger partial charge in [-0.05, 0) is 206 Å². The smallest absolute Gasteiger partial charge is 0.0546 e. The van der Waals surface area contributed by atoms with Gasteiger partial charge in [-0.15, -0.1) is 0 Å². The van der Waals surface area contributed by atoms with Gasteiger partial charge < -0.3 is 0 Å². The Labute approximate surface area is 307 Å². The summed E-state index contributed by atoms with van der Waals surface area (Å²) in [4.78, 5) is 0. The molecule has 49 heavy (non-hydrogen) atoms. The molecule has 0 radical (unpaired) electrons. The molecule has 8 fully saturated rings. The fraction of sp³-hybridized carbons (Fsp3) is 1.00. The van der Waals surface area contributed by atoms with Crippen LogP contribution in [0.4, 0.5) is 0 Å². The molecule has 8 aliphatic rings. The van der Waals surface area contributed by atoms with Crippen molar-refractivity contribution in [3.05, 3.63) is 0 Å². The summed E-state index contributed by atoms with van der Waals surface area (Å²) in [6.07, 6.45) is 28.5. The summed E-state index contributed by atoms with van der Waals surface area (Å²) < 4.78 is 0. The molecule has 8 rings (SSSR count). The normalized spacial score (nSPS) is 52.0. The van der Waals surface area contributed by atoms with Crippen LogP contribution in [-0.4, -0.2) is 8.07 Å². The zero-order valence-electron chi connectivity index (χ0n) is 34.6. The van der Waals surface area contributed by atoms with Crippen LogP contribution in [-0.2, 0) is 0 Å². The van der Waals surface area contributed by atoms with Crippen molar-refractivity contribution in [2.24, 2.45) is 106 Å². The van der Waals surface area contributed by atoms with Crippen LogP contribution < -0.4 is 0 Å². The SMILES string of the molecule is CC1CC2C(CC3CCCC3C2C2CCC(C(C)(C)C)CC2)C1[Si](C)(C)C1C(C)CC2C1CC1CCCC1C2C1CCC(C(C)(C)C)CC1. The Hall–Kier alpha value is 0.217. The Morgan fingerprint density at radius 1 is 0.388 bits per heavy atom. The van der Waals surface area contributed by atoms with E-state index < -0.39 is 8.07 Å². The number of hydrogen-bond donors (Lipinski definition) is 0. The molecule has 8 saturated carbocycles. The summed E-state index contributed by atoms with van der Waals surface area (Å²) in [6, 6.07) is 0. The summed E-state index contributed by atoms with van der Waals surface area (Å²) >= 11 is 0. The van der Waals surface area contributed by atoms with E-state index in [1.54, 1.807) is 89.9 Å². The molecular formula is C48H84Si. The maximum absolute atomic E-state index is 3.04. The van der Waals surface area contributed by atoms with Crippen molar-refractivity contribution in [2.75, 3.05) is 0 Å². The second-order valence-corrected chi connectivity index (χ2v) is 29.2. The standard InChI is InChI=1S/C48H84Si/c1-29-25-39-41(27-33-13-11-15-37(33)43(39)31-17-21-35(22-18-31)47(3,4)5)45(29)49(9,10)46-30(2)26-40-42(46)28-34-14-12-16-38(34)44(40)32-19-23-36(24-20-32)48(6,7)8/h29-46H,11-28H2,1-10H3. The summed E-state index contributed by atoms with van der Waals surface area (Å²) in [5, 5.41) is 0. The Balaban J connectivity index is 1.04. The van der Waals surface area contributed by atoms with Crippen LogP contribution in [0.3, 0.4) is 0 Å². The molecule has 0 saturated heterocycles. The zero-order valence-corrected chi connectivity index (χ0v) is 35.6. The highest BCUT2D eigenvalue weighted by atomic mass is 28.3. The molecule has 0 aromatic carbocycles. The van der Waals surface area contributed by atoms with Gasteiger partial charge in [0.05, 0.1) is 8.07 Å². The minimum absolute atomic E-state index is 0.511. The van der Waals surface area contributed by atoms with E-state index in [4.69, 9.17) is 0 Å². The van der Waals surface area contributed by atoms with Crippen molar-refractivity contribution in [3.63, 3.8) is 0 Å². The lowest BCUT2D eigenvalue weighted by molar-refractivity contribution is -0.000421. The minimum atomic E-state index is -1.50. The van der Waals surface area contributed by atoms with Gasteiger partial charge in [0.2, 0.25) is 0 Å². The van der Waals surface area contributed by atoms with E-state index in [0.717, 1.165) is 106 Å². The quantitative estimate of drug-likeness (QED) is 0.258. The average molecular weight is 689 g/mol. The van der Waals surface area contributed by atoms with Crippen LogP contribution in [0.1, 0.15) is 171 Å². The topological polar surface area (TPSA) is 0 Å². The zero-order chi connectivity index (χ0) is 34.6. The third-order valence-corrected chi connectivity index (χ3v) is 25.3. The van der Waals surface area contributed by atoms with E-state index in [2.05, 4.69) is 68.5 Å². The molecule has 0 aliphatic heterocycles. The Morgan fingerprint density at radius 2 is 0.755 bits per heavy atom. The molecule has 280 valence electrons. The molecule has 1 heteroatoms. The predicted octanol–water partition coefficient (Wildman–Crippen LogP) is 14.6. The summed E-state index contributed by atoms with van der Waals surface area (Å²) in [5.41, 5.74) is 3.24. The molecule has 0 nitrogen and oxygen atoms in total. The van der Waals surface area contributed by atoms with Crippen LogP contribution in [0.25, 0.3) is 0 Å². The van der Waals surface area contributed by atoms with Gasteiger partial charge in [0.15, 0.2) is 0 Å². The highest BCUT2D eigenvalue weighted by molar-refractivity contribution is 6.80. The maximum atomic E-state index is 3.04. The third-order valence-electron chi connectivity index (χ3n) is 19.9. The first kappa shape index (κ1) is 36.2. The summed E-state index contributed by atoms with van der Waals surface area (Å²) in [6.45, 7) is 26.9. The Bertz CT molecular complexity index is 1050. The number of fused-ring (bicyclic) bond motifs is 4.